The Bertz CT molecular complexity index is 184. The van der Waals surface area contributed by atoms with Gasteiger partial charge in [-0.25, -0.2) is 10.6 Å². The fourth-order valence-electron chi connectivity index (χ4n) is 2.24. The molecule has 0 bridgehead atoms. The highest BCUT2D eigenvalue weighted by molar-refractivity contribution is 5.73. The van der Waals surface area contributed by atoms with Gasteiger partial charge in [-0.15, -0.1) is 0 Å². The first-order valence-electron chi connectivity index (χ1n) is 4.96. The van der Waals surface area contributed by atoms with E-state index in [1.54, 1.807) is 0 Å². The summed E-state index contributed by atoms with van der Waals surface area (Å²) < 4.78 is 0. The van der Waals surface area contributed by atoms with Crippen molar-refractivity contribution in [2.75, 3.05) is 0 Å². The third-order valence-electron chi connectivity index (χ3n) is 3.20. The molecule has 4 heteroatoms. The van der Waals surface area contributed by atoms with Crippen molar-refractivity contribution in [3.8, 4) is 0 Å². The predicted octanol–water partition coefficient (Wildman–Crippen LogP) is 0.984. The zero-order valence-electron chi connectivity index (χ0n) is 8.34. The molecule has 13 heavy (non-hydrogen) atoms. The fourth-order valence-corrected chi connectivity index (χ4v) is 2.24. The Balaban J connectivity index is 2.40. The maximum absolute atomic E-state index is 11.0. The number of rotatable bonds is 2. The smallest absolute Gasteiger partial charge is 0.329 e. The van der Waals surface area contributed by atoms with E-state index in [0.717, 1.165) is 12.3 Å². The van der Waals surface area contributed by atoms with Crippen molar-refractivity contribution >= 4 is 6.03 Å². The van der Waals surface area contributed by atoms with Gasteiger partial charge in [0.15, 0.2) is 0 Å². The molecule has 0 aliphatic heterocycles. The van der Waals surface area contributed by atoms with Crippen molar-refractivity contribution in [1.82, 2.24) is 10.7 Å². The van der Waals surface area contributed by atoms with E-state index in [1.165, 1.54) is 12.8 Å². The Morgan fingerprint density at radius 3 is 2.69 bits per heavy atom. The van der Waals surface area contributed by atoms with Crippen LogP contribution in [-0.4, -0.2) is 12.1 Å². The van der Waals surface area contributed by atoms with Gasteiger partial charge in [0.05, 0.1) is 0 Å². The fraction of sp³-hybridized carbons (Fsp3) is 0.889. The minimum absolute atomic E-state index is 0.270. The molecule has 0 aromatic rings. The molecular weight excluding hydrogens is 166 g/mol. The quantitative estimate of drug-likeness (QED) is 0.341. The van der Waals surface area contributed by atoms with Crippen LogP contribution >= 0.6 is 0 Å². The van der Waals surface area contributed by atoms with Crippen molar-refractivity contribution in [2.24, 2.45) is 17.7 Å². The van der Waals surface area contributed by atoms with Crippen LogP contribution in [0.1, 0.15) is 33.1 Å². The van der Waals surface area contributed by atoms with E-state index < -0.39 is 0 Å². The van der Waals surface area contributed by atoms with Crippen LogP contribution in [0.15, 0.2) is 0 Å². The highest BCUT2D eigenvalue weighted by atomic mass is 16.2. The van der Waals surface area contributed by atoms with Crippen LogP contribution < -0.4 is 16.6 Å². The molecule has 76 valence electrons. The Kier molecular flexibility index (Phi) is 3.54. The van der Waals surface area contributed by atoms with Crippen LogP contribution in [0.25, 0.3) is 0 Å². The van der Waals surface area contributed by atoms with Gasteiger partial charge in [0.25, 0.3) is 0 Å². The molecule has 1 aliphatic rings. The van der Waals surface area contributed by atoms with Gasteiger partial charge in [-0.2, -0.15) is 0 Å². The second-order valence-electron chi connectivity index (χ2n) is 3.83. The topological polar surface area (TPSA) is 67.2 Å². The molecule has 1 rings (SSSR count). The monoisotopic (exact) mass is 185 g/mol. The van der Waals surface area contributed by atoms with Crippen LogP contribution in [0, 0.1) is 11.8 Å². The Labute approximate surface area is 79.2 Å². The number of hydrazine groups is 1. The lowest BCUT2D eigenvalue weighted by molar-refractivity contribution is 0.232. The summed E-state index contributed by atoms with van der Waals surface area (Å²) in [6, 6.07) is 0.0297. The number of amides is 2. The third kappa shape index (κ3) is 2.34. The van der Waals surface area contributed by atoms with Gasteiger partial charge in [0.1, 0.15) is 0 Å². The minimum atomic E-state index is -0.270. The van der Waals surface area contributed by atoms with Crippen molar-refractivity contribution in [3.05, 3.63) is 0 Å². The molecule has 0 saturated heterocycles. The second kappa shape index (κ2) is 4.46. The molecule has 3 unspecified atom stereocenters. The molecule has 0 aromatic heterocycles. The Hall–Kier alpha value is -0.770. The van der Waals surface area contributed by atoms with E-state index in [4.69, 9.17) is 5.84 Å². The van der Waals surface area contributed by atoms with Gasteiger partial charge < -0.3 is 5.32 Å². The minimum Gasteiger partial charge on any atom is -0.334 e. The summed E-state index contributed by atoms with van der Waals surface area (Å²) in [6.07, 6.45) is 3.49. The summed E-state index contributed by atoms with van der Waals surface area (Å²) in [5.74, 6) is 6.33. The molecular formula is C9H19N3O. The summed E-state index contributed by atoms with van der Waals surface area (Å²) in [7, 11) is 0. The largest absolute Gasteiger partial charge is 0.334 e. The van der Waals surface area contributed by atoms with Crippen LogP contribution in [-0.2, 0) is 0 Å². The highest BCUT2D eigenvalue weighted by Gasteiger charge is 2.32. The number of nitrogens with one attached hydrogen (secondary N) is 2. The molecule has 2 amide bonds. The first kappa shape index (κ1) is 10.3. The molecule has 3 atom stereocenters. The van der Waals surface area contributed by atoms with Crippen LogP contribution in [0.4, 0.5) is 4.79 Å². The maximum Gasteiger partial charge on any atom is 0.329 e. The molecule has 1 saturated carbocycles. The lowest BCUT2D eigenvalue weighted by Crippen LogP contribution is -2.46. The van der Waals surface area contributed by atoms with Gasteiger partial charge in [0, 0.05) is 6.04 Å². The van der Waals surface area contributed by atoms with E-state index in [0.29, 0.717) is 12.0 Å². The van der Waals surface area contributed by atoms with Crippen molar-refractivity contribution < 1.29 is 4.79 Å². The van der Waals surface area contributed by atoms with Gasteiger partial charge in [-0.3, -0.25) is 5.43 Å². The number of hydrogen-bond donors (Lipinski definition) is 3. The molecule has 0 radical (unpaired) electrons. The van der Waals surface area contributed by atoms with Crippen molar-refractivity contribution in [2.45, 2.75) is 39.2 Å². The first-order chi connectivity index (χ1) is 6.19. The van der Waals surface area contributed by atoms with Crippen LogP contribution in [0.2, 0.25) is 0 Å². The summed E-state index contributed by atoms with van der Waals surface area (Å²) in [6.45, 7) is 4.40. The van der Waals surface area contributed by atoms with Gasteiger partial charge in [0.2, 0.25) is 0 Å². The number of carbonyl (C=O) groups excluding carboxylic acids is 1. The maximum atomic E-state index is 11.0. The summed E-state index contributed by atoms with van der Waals surface area (Å²) >= 11 is 0. The van der Waals surface area contributed by atoms with Crippen LogP contribution in [0.5, 0.6) is 0 Å². The standard InChI is InChI=1S/C9H19N3O/c1-3-7-4-5-8(6(7)2)11-9(13)12-10/h6-8H,3-5,10H2,1-2H3,(H2,11,12,13). The molecule has 1 aliphatic carbocycles. The van der Waals surface area contributed by atoms with Gasteiger partial charge >= 0.3 is 6.03 Å². The molecule has 0 spiro atoms. The zero-order chi connectivity index (χ0) is 9.84. The van der Waals surface area contributed by atoms with E-state index in [-0.39, 0.29) is 6.03 Å². The highest BCUT2D eigenvalue weighted by Crippen LogP contribution is 2.33. The predicted molar refractivity (Wildman–Crippen MR) is 51.8 cm³/mol. The summed E-state index contributed by atoms with van der Waals surface area (Å²) in [5.41, 5.74) is 2.10. The average molecular weight is 185 g/mol. The normalized spacial score (nSPS) is 33.0. The summed E-state index contributed by atoms with van der Waals surface area (Å²) in [4.78, 5) is 11.0. The lowest BCUT2D eigenvalue weighted by atomic mass is 9.94. The molecule has 4 N–H and O–H groups in total. The van der Waals surface area contributed by atoms with Crippen molar-refractivity contribution in [1.29, 1.82) is 0 Å². The van der Waals surface area contributed by atoms with Crippen LogP contribution in [0.3, 0.4) is 0 Å². The number of nitrogens with two attached hydrogens (primary N) is 1. The van der Waals surface area contributed by atoms with E-state index in [2.05, 4.69) is 24.6 Å². The number of carbonyl (C=O) groups is 1. The first-order valence-corrected chi connectivity index (χ1v) is 4.96. The second-order valence-corrected chi connectivity index (χ2v) is 3.83. The number of hydrogen-bond acceptors (Lipinski definition) is 2. The zero-order valence-corrected chi connectivity index (χ0v) is 8.34. The molecule has 4 nitrogen and oxygen atoms in total. The molecule has 1 fully saturated rings. The van der Waals surface area contributed by atoms with Gasteiger partial charge in [-0.05, 0) is 24.7 Å². The number of urea groups is 1. The Morgan fingerprint density at radius 1 is 1.54 bits per heavy atom. The lowest BCUT2D eigenvalue weighted by Gasteiger charge is -2.20. The Morgan fingerprint density at radius 2 is 2.23 bits per heavy atom. The van der Waals surface area contributed by atoms with E-state index >= 15 is 0 Å². The molecule has 0 heterocycles. The summed E-state index contributed by atoms with van der Waals surface area (Å²) in [5, 5.41) is 2.87. The molecule has 0 aromatic carbocycles. The SMILES string of the molecule is CCC1CCC(NC(=O)NN)C1C. The van der Waals surface area contributed by atoms with E-state index in [1.807, 2.05) is 0 Å². The third-order valence-corrected chi connectivity index (χ3v) is 3.20. The van der Waals surface area contributed by atoms with Gasteiger partial charge in [-0.1, -0.05) is 20.3 Å². The average Bonchev–Trinajstić information content (AvgIpc) is 2.48. The van der Waals surface area contributed by atoms with Crippen molar-refractivity contribution in [3.63, 3.8) is 0 Å². The van der Waals surface area contributed by atoms with E-state index in [9.17, 15) is 4.79 Å².